The number of amides is 2. The van der Waals surface area contributed by atoms with Crippen LogP contribution < -0.4 is 10.1 Å². The zero-order chi connectivity index (χ0) is 25.2. The van der Waals surface area contributed by atoms with Crippen molar-refractivity contribution in [2.75, 3.05) is 13.7 Å². The summed E-state index contributed by atoms with van der Waals surface area (Å²) >= 11 is 18.2. The molecule has 2 amide bonds. The molecule has 0 aliphatic carbocycles. The Hall–Kier alpha value is -2.73. The lowest BCUT2D eigenvalue weighted by molar-refractivity contribution is -0.141. The first-order valence-corrected chi connectivity index (χ1v) is 12.4. The largest absolute Gasteiger partial charge is 0.494 e. The zero-order valence-corrected chi connectivity index (χ0v) is 21.6. The minimum atomic E-state index is -0.693. The number of ether oxygens (including phenoxy) is 1. The average molecular weight is 534 g/mol. The molecule has 0 heterocycles. The molecule has 1 unspecified atom stereocenters. The molecule has 1 N–H and O–H groups in total. The van der Waals surface area contributed by atoms with Crippen LogP contribution in [0.15, 0.2) is 72.8 Å². The normalized spacial score (nSPS) is 11.5. The Kier molecular flexibility index (Phi) is 10.3. The summed E-state index contributed by atoms with van der Waals surface area (Å²) in [6, 6.07) is 21.2. The average Bonchev–Trinajstić information content (AvgIpc) is 2.87. The van der Waals surface area contributed by atoms with E-state index in [9.17, 15) is 9.59 Å². The molecule has 8 heteroatoms. The van der Waals surface area contributed by atoms with E-state index in [1.165, 1.54) is 0 Å². The predicted molar refractivity (Wildman–Crippen MR) is 141 cm³/mol. The maximum Gasteiger partial charge on any atom is 0.242 e. The summed E-state index contributed by atoms with van der Waals surface area (Å²) in [5.41, 5.74) is 1.74. The molecule has 184 valence electrons. The third kappa shape index (κ3) is 8.17. The van der Waals surface area contributed by atoms with Crippen LogP contribution in [0.5, 0.6) is 5.75 Å². The van der Waals surface area contributed by atoms with Gasteiger partial charge in [-0.05, 0) is 53.9 Å². The van der Waals surface area contributed by atoms with Crippen molar-refractivity contribution in [3.8, 4) is 5.75 Å². The van der Waals surface area contributed by atoms with Gasteiger partial charge in [0.05, 0.1) is 16.7 Å². The van der Waals surface area contributed by atoms with Crippen molar-refractivity contribution in [1.29, 1.82) is 0 Å². The Morgan fingerprint density at radius 3 is 2.29 bits per heavy atom. The monoisotopic (exact) mass is 532 g/mol. The second-order valence-corrected chi connectivity index (χ2v) is 9.25. The third-order valence-corrected chi connectivity index (χ3v) is 6.46. The number of rotatable bonds is 11. The highest BCUT2D eigenvalue weighted by atomic mass is 35.5. The first kappa shape index (κ1) is 26.9. The molecule has 3 aromatic carbocycles. The van der Waals surface area contributed by atoms with E-state index in [2.05, 4.69) is 5.32 Å². The van der Waals surface area contributed by atoms with Crippen LogP contribution in [-0.4, -0.2) is 36.4 Å². The number of benzene rings is 3. The number of hydrogen-bond acceptors (Lipinski definition) is 3. The minimum Gasteiger partial charge on any atom is -0.494 e. The van der Waals surface area contributed by atoms with Gasteiger partial charge in [0.15, 0.2) is 0 Å². The van der Waals surface area contributed by atoms with Gasteiger partial charge < -0.3 is 15.0 Å². The highest BCUT2D eigenvalue weighted by Crippen LogP contribution is 2.25. The Morgan fingerprint density at radius 1 is 0.914 bits per heavy atom. The molecule has 35 heavy (non-hydrogen) atoms. The molecule has 0 aliphatic heterocycles. The minimum absolute atomic E-state index is 0.152. The fourth-order valence-corrected chi connectivity index (χ4v) is 4.09. The molecular formula is C27H27Cl3N2O3. The topological polar surface area (TPSA) is 58.6 Å². The summed E-state index contributed by atoms with van der Waals surface area (Å²) in [7, 11) is 1.57. The highest BCUT2D eigenvalue weighted by molar-refractivity contribution is 6.42. The third-order valence-electron chi connectivity index (χ3n) is 5.47. The summed E-state index contributed by atoms with van der Waals surface area (Å²) < 4.78 is 5.72. The molecule has 0 saturated carbocycles. The first-order chi connectivity index (χ1) is 16.9. The molecule has 0 radical (unpaired) electrons. The number of nitrogens with one attached hydrogen (secondary N) is 1. The SMILES string of the molecule is CNC(=O)C(Cc1ccccc1)N(Cc1ccc(Cl)c(Cl)c1)C(=O)CCCOc1ccc(Cl)cc1. The van der Waals surface area contributed by atoms with E-state index in [0.29, 0.717) is 40.3 Å². The standard InChI is InChI=1S/C27H27Cl3N2O3/c1-31-27(34)25(17-19-6-3-2-4-7-19)32(18-20-9-14-23(29)24(30)16-20)26(33)8-5-15-35-22-12-10-21(28)11-13-22/h2-4,6-7,9-14,16,25H,5,8,15,17-18H2,1H3,(H,31,34). The van der Waals surface area contributed by atoms with Crippen molar-refractivity contribution in [3.63, 3.8) is 0 Å². The number of halogens is 3. The molecule has 0 aliphatic rings. The molecule has 3 rings (SSSR count). The van der Waals surface area contributed by atoms with Crippen LogP contribution in [0.3, 0.4) is 0 Å². The summed E-state index contributed by atoms with van der Waals surface area (Å²) in [6.45, 7) is 0.579. The molecule has 0 spiro atoms. The molecular weight excluding hydrogens is 507 g/mol. The van der Waals surface area contributed by atoms with Gasteiger partial charge in [-0.3, -0.25) is 9.59 Å². The highest BCUT2D eigenvalue weighted by Gasteiger charge is 2.29. The summed E-state index contributed by atoms with van der Waals surface area (Å²) in [6.07, 6.45) is 1.09. The molecule has 0 bridgehead atoms. The van der Waals surface area contributed by atoms with E-state index in [4.69, 9.17) is 39.5 Å². The van der Waals surface area contributed by atoms with Crippen LogP contribution in [-0.2, 0) is 22.6 Å². The molecule has 0 aromatic heterocycles. The summed E-state index contributed by atoms with van der Waals surface area (Å²) in [4.78, 5) is 28.0. The lowest BCUT2D eigenvalue weighted by Gasteiger charge is -2.31. The van der Waals surface area contributed by atoms with Gasteiger partial charge in [-0.15, -0.1) is 0 Å². The van der Waals surface area contributed by atoms with Crippen molar-refractivity contribution in [1.82, 2.24) is 10.2 Å². The van der Waals surface area contributed by atoms with Crippen molar-refractivity contribution >= 4 is 46.6 Å². The van der Waals surface area contributed by atoms with Crippen LogP contribution in [0.2, 0.25) is 15.1 Å². The Labute approximate surface area is 220 Å². The van der Waals surface area contributed by atoms with E-state index >= 15 is 0 Å². The molecule has 5 nitrogen and oxygen atoms in total. The molecule has 3 aromatic rings. The van der Waals surface area contributed by atoms with E-state index < -0.39 is 6.04 Å². The van der Waals surface area contributed by atoms with E-state index in [1.807, 2.05) is 36.4 Å². The van der Waals surface area contributed by atoms with E-state index in [1.54, 1.807) is 48.3 Å². The lowest BCUT2D eigenvalue weighted by atomic mass is 10.0. The second-order valence-electron chi connectivity index (χ2n) is 8.00. The van der Waals surface area contributed by atoms with Gasteiger partial charge in [0.2, 0.25) is 11.8 Å². The molecule has 0 saturated heterocycles. The Morgan fingerprint density at radius 2 is 1.63 bits per heavy atom. The van der Waals surface area contributed by atoms with Gasteiger partial charge >= 0.3 is 0 Å². The quantitative estimate of drug-likeness (QED) is 0.299. The maximum atomic E-state index is 13.4. The second kappa shape index (κ2) is 13.4. The van der Waals surface area contributed by atoms with Crippen LogP contribution in [0.4, 0.5) is 0 Å². The van der Waals surface area contributed by atoms with Crippen LogP contribution in [0, 0.1) is 0 Å². The van der Waals surface area contributed by atoms with Gasteiger partial charge in [0.1, 0.15) is 11.8 Å². The Balaban J connectivity index is 1.76. The number of carbonyl (C=O) groups is 2. The van der Waals surface area contributed by atoms with Gasteiger partial charge in [-0.1, -0.05) is 71.2 Å². The van der Waals surface area contributed by atoms with Crippen molar-refractivity contribution in [2.45, 2.75) is 31.8 Å². The van der Waals surface area contributed by atoms with Gasteiger partial charge in [0.25, 0.3) is 0 Å². The van der Waals surface area contributed by atoms with Crippen LogP contribution >= 0.6 is 34.8 Å². The van der Waals surface area contributed by atoms with Crippen molar-refractivity contribution in [3.05, 3.63) is 99.0 Å². The van der Waals surface area contributed by atoms with Crippen LogP contribution in [0.25, 0.3) is 0 Å². The smallest absolute Gasteiger partial charge is 0.242 e. The zero-order valence-electron chi connectivity index (χ0n) is 19.3. The maximum absolute atomic E-state index is 13.4. The van der Waals surface area contributed by atoms with Crippen molar-refractivity contribution in [2.24, 2.45) is 0 Å². The number of nitrogens with zero attached hydrogens (tertiary/aromatic N) is 1. The molecule has 0 fully saturated rings. The number of likely N-dealkylation sites (N-methyl/N-ethyl adjacent to an activating group) is 1. The number of hydrogen-bond donors (Lipinski definition) is 1. The lowest BCUT2D eigenvalue weighted by Crippen LogP contribution is -2.49. The summed E-state index contributed by atoms with van der Waals surface area (Å²) in [5.74, 6) is 0.293. The van der Waals surface area contributed by atoms with Gasteiger partial charge in [-0.25, -0.2) is 0 Å². The van der Waals surface area contributed by atoms with Gasteiger partial charge in [-0.2, -0.15) is 0 Å². The predicted octanol–water partition coefficient (Wildman–Crippen LogP) is 6.19. The number of carbonyl (C=O) groups excluding carboxylic acids is 2. The van der Waals surface area contributed by atoms with E-state index in [0.717, 1.165) is 11.1 Å². The summed E-state index contributed by atoms with van der Waals surface area (Å²) in [5, 5.41) is 4.16. The fraction of sp³-hybridized carbons (Fsp3) is 0.259. The van der Waals surface area contributed by atoms with E-state index in [-0.39, 0.29) is 24.8 Å². The molecule has 1 atom stereocenters. The van der Waals surface area contributed by atoms with Crippen molar-refractivity contribution < 1.29 is 14.3 Å². The first-order valence-electron chi connectivity index (χ1n) is 11.2. The van der Waals surface area contributed by atoms with Gasteiger partial charge in [0, 0.05) is 31.5 Å². The Bertz CT molecular complexity index is 1120. The fourth-order valence-electron chi connectivity index (χ4n) is 3.64. The van der Waals surface area contributed by atoms with Crippen LogP contribution in [0.1, 0.15) is 24.0 Å².